The van der Waals surface area contributed by atoms with Crippen molar-refractivity contribution in [2.24, 2.45) is 5.92 Å². The number of hydrogen-bond acceptors (Lipinski definition) is 4. The van der Waals surface area contributed by atoms with Crippen molar-refractivity contribution in [3.8, 4) is 5.88 Å². The first-order valence-corrected chi connectivity index (χ1v) is 8.18. The lowest BCUT2D eigenvalue weighted by atomic mass is 9.98. The third-order valence-corrected chi connectivity index (χ3v) is 4.43. The Morgan fingerprint density at radius 1 is 1.32 bits per heavy atom. The number of rotatable bonds is 3. The van der Waals surface area contributed by atoms with Crippen LogP contribution >= 0.6 is 0 Å². The van der Waals surface area contributed by atoms with Gasteiger partial charge >= 0.3 is 0 Å². The molecule has 2 aliphatic rings. The molecule has 2 aliphatic heterocycles. The van der Waals surface area contributed by atoms with Gasteiger partial charge in [0.05, 0.1) is 12.5 Å². The Bertz CT molecular complexity index is 489. The number of aromatic nitrogens is 1. The topological polar surface area (TPSA) is 51.7 Å². The maximum absolute atomic E-state index is 12.4. The number of carbonyl (C=O) groups excluding carboxylic acids is 1. The number of nitrogens with zero attached hydrogens (tertiary/aromatic N) is 2. The molecule has 1 atom stereocenters. The Balaban J connectivity index is 1.47. The SMILES string of the molecule is Cc1ccc(OC2CCN(C(=O)C3CCCOC3)CC2)nc1. The highest BCUT2D eigenvalue weighted by molar-refractivity contribution is 5.79. The van der Waals surface area contributed by atoms with E-state index in [-0.39, 0.29) is 17.9 Å². The fraction of sp³-hybridized carbons (Fsp3) is 0.647. The maximum Gasteiger partial charge on any atom is 0.228 e. The van der Waals surface area contributed by atoms with Crippen molar-refractivity contribution in [3.63, 3.8) is 0 Å². The van der Waals surface area contributed by atoms with Gasteiger partial charge in [0, 0.05) is 44.8 Å². The van der Waals surface area contributed by atoms with E-state index in [0.717, 1.165) is 50.9 Å². The quantitative estimate of drug-likeness (QED) is 0.859. The van der Waals surface area contributed by atoms with E-state index in [1.54, 1.807) is 0 Å². The second-order valence-electron chi connectivity index (χ2n) is 6.23. The lowest BCUT2D eigenvalue weighted by molar-refractivity contribution is -0.141. The summed E-state index contributed by atoms with van der Waals surface area (Å²) in [6.45, 7) is 4.93. The minimum absolute atomic E-state index is 0.0602. The van der Waals surface area contributed by atoms with E-state index in [1.165, 1.54) is 0 Å². The van der Waals surface area contributed by atoms with Gasteiger partial charge in [-0.3, -0.25) is 4.79 Å². The molecule has 3 heterocycles. The van der Waals surface area contributed by atoms with Crippen LogP contribution in [0.25, 0.3) is 0 Å². The molecule has 0 saturated carbocycles. The molecule has 1 aromatic heterocycles. The number of piperidine rings is 1. The predicted octanol–water partition coefficient (Wildman–Crippen LogP) is 2.19. The van der Waals surface area contributed by atoms with E-state index in [9.17, 15) is 4.79 Å². The monoisotopic (exact) mass is 304 g/mol. The van der Waals surface area contributed by atoms with Gasteiger partial charge in [0.25, 0.3) is 0 Å². The summed E-state index contributed by atoms with van der Waals surface area (Å²) in [5, 5.41) is 0. The van der Waals surface area contributed by atoms with Gasteiger partial charge in [-0.1, -0.05) is 6.07 Å². The second-order valence-corrected chi connectivity index (χ2v) is 6.23. The molecule has 0 bridgehead atoms. The van der Waals surface area contributed by atoms with Crippen molar-refractivity contribution >= 4 is 5.91 Å². The number of pyridine rings is 1. The highest BCUT2D eigenvalue weighted by Crippen LogP contribution is 2.21. The molecule has 22 heavy (non-hydrogen) atoms. The van der Waals surface area contributed by atoms with Crippen molar-refractivity contribution < 1.29 is 14.3 Å². The summed E-state index contributed by atoms with van der Waals surface area (Å²) in [7, 11) is 0. The molecular formula is C17H24N2O3. The van der Waals surface area contributed by atoms with Crippen LogP contribution in [0.4, 0.5) is 0 Å². The van der Waals surface area contributed by atoms with Crippen molar-refractivity contribution in [1.29, 1.82) is 0 Å². The molecule has 0 spiro atoms. The van der Waals surface area contributed by atoms with Crippen LogP contribution in [0.2, 0.25) is 0 Å². The second kappa shape index (κ2) is 7.09. The van der Waals surface area contributed by atoms with Crippen LogP contribution in [-0.4, -0.2) is 48.2 Å². The van der Waals surface area contributed by atoms with Crippen LogP contribution in [-0.2, 0) is 9.53 Å². The van der Waals surface area contributed by atoms with Crippen molar-refractivity contribution in [3.05, 3.63) is 23.9 Å². The van der Waals surface area contributed by atoms with Crippen LogP contribution in [0.3, 0.4) is 0 Å². The van der Waals surface area contributed by atoms with E-state index in [2.05, 4.69) is 4.98 Å². The summed E-state index contributed by atoms with van der Waals surface area (Å²) < 4.78 is 11.3. The van der Waals surface area contributed by atoms with Crippen LogP contribution in [0.1, 0.15) is 31.2 Å². The Hall–Kier alpha value is -1.62. The molecule has 1 unspecified atom stereocenters. The maximum atomic E-state index is 12.4. The molecule has 5 nitrogen and oxygen atoms in total. The van der Waals surface area contributed by atoms with Crippen molar-refractivity contribution in [2.75, 3.05) is 26.3 Å². The molecule has 0 N–H and O–H groups in total. The number of aryl methyl sites for hydroxylation is 1. The van der Waals surface area contributed by atoms with Crippen LogP contribution < -0.4 is 4.74 Å². The molecule has 1 aromatic rings. The third-order valence-electron chi connectivity index (χ3n) is 4.43. The lowest BCUT2D eigenvalue weighted by Crippen LogP contribution is -2.45. The van der Waals surface area contributed by atoms with Crippen LogP contribution in [0, 0.1) is 12.8 Å². The molecule has 1 amide bonds. The molecule has 0 radical (unpaired) electrons. The van der Waals surface area contributed by atoms with E-state index in [4.69, 9.17) is 9.47 Å². The zero-order valence-corrected chi connectivity index (χ0v) is 13.2. The van der Waals surface area contributed by atoms with Gasteiger partial charge in [0.1, 0.15) is 6.10 Å². The highest BCUT2D eigenvalue weighted by atomic mass is 16.5. The van der Waals surface area contributed by atoms with E-state index < -0.39 is 0 Å². The summed E-state index contributed by atoms with van der Waals surface area (Å²) in [5.74, 6) is 0.993. The lowest BCUT2D eigenvalue weighted by Gasteiger charge is -2.35. The normalized spacial score (nSPS) is 23.3. The Kier molecular flexibility index (Phi) is 4.93. The fourth-order valence-corrected chi connectivity index (χ4v) is 3.08. The summed E-state index contributed by atoms with van der Waals surface area (Å²) in [6, 6.07) is 3.91. The molecular weight excluding hydrogens is 280 g/mol. The van der Waals surface area contributed by atoms with Crippen LogP contribution in [0.15, 0.2) is 18.3 Å². The first-order valence-electron chi connectivity index (χ1n) is 8.18. The van der Waals surface area contributed by atoms with Gasteiger partial charge in [0.15, 0.2) is 0 Å². The zero-order chi connectivity index (χ0) is 15.4. The number of ether oxygens (including phenoxy) is 2. The predicted molar refractivity (Wildman–Crippen MR) is 82.7 cm³/mol. The number of likely N-dealkylation sites (tertiary alicyclic amines) is 1. The highest BCUT2D eigenvalue weighted by Gasteiger charge is 2.30. The smallest absolute Gasteiger partial charge is 0.228 e. The average Bonchev–Trinajstić information content (AvgIpc) is 2.58. The van der Waals surface area contributed by atoms with Gasteiger partial charge in [-0.25, -0.2) is 4.98 Å². The molecule has 3 rings (SSSR count). The van der Waals surface area contributed by atoms with Crippen molar-refractivity contribution in [2.45, 2.75) is 38.7 Å². The van der Waals surface area contributed by atoms with E-state index >= 15 is 0 Å². The first kappa shape index (κ1) is 15.3. The van der Waals surface area contributed by atoms with Gasteiger partial charge in [0.2, 0.25) is 11.8 Å². The molecule has 0 aromatic carbocycles. The molecule has 120 valence electrons. The zero-order valence-electron chi connectivity index (χ0n) is 13.2. The molecule has 0 aliphatic carbocycles. The largest absolute Gasteiger partial charge is 0.474 e. The average molecular weight is 304 g/mol. The molecule has 2 fully saturated rings. The van der Waals surface area contributed by atoms with Crippen LogP contribution in [0.5, 0.6) is 5.88 Å². The van der Waals surface area contributed by atoms with E-state index in [0.29, 0.717) is 12.5 Å². The Morgan fingerprint density at radius 3 is 2.77 bits per heavy atom. The summed E-state index contributed by atoms with van der Waals surface area (Å²) in [6.07, 6.45) is 5.67. The third kappa shape index (κ3) is 3.77. The minimum atomic E-state index is 0.0602. The summed E-state index contributed by atoms with van der Waals surface area (Å²) in [5.41, 5.74) is 1.13. The number of amides is 1. The summed E-state index contributed by atoms with van der Waals surface area (Å²) >= 11 is 0. The summed E-state index contributed by atoms with van der Waals surface area (Å²) in [4.78, 5) is 18.7. The Morgan fingerprint density at radius 2 is 2.14 bits per heavy atom. The van der Waals surface area contributed by atoms with Gasteiger partial charge in [-0.2, -0.15) is 0 Å². The standard InChI is InChI=1S/C17H24N2O3/c1-13-4-5-16(18-11-13)22-15-6-8-19(9-7-15)17(20)14-3-2-10-21-12-14/h4-5,11,14-15H,2-3,6-10,12H2,1H3. The van der Waals surface area contributed by atoms with Gasteiger partial charge in [-0.15, -0.1) is 0 Å². The molecule has 5 heteroatoms. The minimum Gasteiger partial charge on any atom is -0.474 e. The Labute approximate surface area is 131 Å². The van der Waals surface area contributed by atoms with Gasteiger partial charge in [-0.05, 0) is 25.3 Å². The number of carbonyl (C=O) groups is 1. The first-order chi connectivity index (χ1) is 10.7. The van der Waals surface area contributed by atoms with E-state index in [1.807, 2.05) is 30.2 Å². The number of hydrogen-bond donors (Lipinski definition) is 0. The fourth-order valence-electron chi connectivity index (χ4n) is 3.08. The van der Waals surface area contributed by atoms with Crippen molar-refractivity contribution in [1.82, 2.24) is 9.88 Å². The molecule has 2 saturated heterocycles. The van der Waals surface area contributed by atoms with Gasteiger partial charge < -0.3 is 14.4 Å².